The van der Waals surface area contributed by atoms with Gasteiger partial charge in [-0.1, -0.05) is 40.2 Å². The largest absolute Gasteiger partial charge is 0.382 e. The zero-order chi connectivity index (χ0) is 14.5. The minimum atomic E-state index is -0.161. The number of anilines is 1. The fourth-order valence-corrected chi connectivity index (χ4v) is 1.65. The van der Waals surface area contributed by atoms with Crippen LogP contribution in [0.25, 0.3) is 0 Å². The second kappa shape index (κ2) is 6.36. The molecule has 0 aromatic carbocycles. The lowest BCUT2D eigenvalue weighted by atomic mass is 9.82. The summed E-state index contributed by atoms with van der Waals surface area (Å²) in [5, 5.41) is 6.91. The first-order chi connectivity index (χ1) is 8.91. The molecule has 2 aromatic rings. The van der Waals surface area contributed by atoms with Crippen molar-refractivity contribution in [3.05, 3.63) is 41.3 Å². The number of nitrogens with zero attached hydrogens (tertiary/aromatic N) is 2. The van der Waals surface area contributed by atoms with E-state index in [2.05, 4.69) is 48.9 Å². The Balaban J connectivity index is 0.000000550. The maximum absolute atomic E-state index is 5.62. The number of aromatic nitrogens is 3. The maximum atomic E-state index is 5.62. The lowest BCUT2D eigenvalue weighted by Crippen LogP contribution is -2.19. The number of H-pyrrole nitrogens is 1. The van der Waals surface area contributed by atoms with Crippen molar-refractivity contribution < 1.29 is 0 Å². The van der Waals surface area contributed by atoms with Gasteiger partial charge >= 0.3 is 0 Å². The summed E-state index contributed by atoms with van der Waals surface area (Å²) in [4.78, 5) is 4.31. The van der Waals surface area contributed by atoms with Crippen LogP contribution in [0.3, 0.4) is 0 Å². The number of aryl methyl sites for hydroxylation is 1. The summed E-state index contributed by atoms with van der Waals surface area (Å²) in [5.74, 6) is 0.517. The van der Waals surface area contributed by atoms with Crippen molar-refractivity contribution in [1.82, 2.24) is 15.2 Å². The normalized spacial score (nSPS) is 10.8. The molecule has 4 heteroatoms. The second-order valence-electron chi connectivity index (χ2n) is 5.23. The molecule has 0 saturated carbocycles. The molecule has 19 heavy (non-hydrogen) atoms. The van der Waals surface area contributed by atoms with Crippen molar-refractivity contribution in [3.8, 4) is 0 Å². The van der Waals surface area contributed by atoms with E-state index in [4.69, 9.17) is 5.73 Å². The van der Waals surface area contributed by atoms with E-state index in [1.807, 2.05) is 25.3 Å². The molecule has 0 fully saturated rings. The molecule has 0 aliphatic carbocycles. The van der Waals surface area contributed by atoms with Gasteiger partial charge in [0.2, 0.25) is 0 Å². The molecule has 0 radical (unpaired) electrons. The smallest absolute Gasteiger partial charge is 0.145 e. The van der Waals surface area contributed by atoms with E-state index in [0.29, 0.717) is 5.82 Å². The van der Waals surface area contributed by atoms with Gasteiger partial charge in [-0.15, -0.1) is 0 Å². The van der Waals surface area contributed by atoms with E-state index in [-0.39, 0.29) is 5.41 Å². The highest BCUT2D eigenvalue weighted by atomic mass is 15.2. The molecule has 4 nitrogen and oxygen atoms in total. The van der Waals surface area contributed by atoms with Crippen molar-refractivity contribution in [3.63, 3.8) is 0 Å². The number of hydrogen-bond donors (Lipinski definition) is 2. The molecule has 0 bridgehead atoms. The molecule has 2 aromatic heterocycles. The van der Waals surface area contributed by atoms with Gasteiger partial charge in [-0.05, 0) is 18.6 Å². The van der Waals surface area contributed by atoms with Crippen LogP contribution >= 0.6 is 0 Å². The van der Waals surface area contributed by atoms with Crippen LogP contribution in [0.2, 0.25) is 0 Å². The van der Waals surface area contributed by atoms with Crippen LogP contribution in [0.15, 0.2) is 24.4 Å². The van der Waals surface area contributed by atoms with Crippen LogP contribution < -0.4 is 5.73 Å². The number of pyridine rings is 1. The first-order valence-corrected chi connectivity index (χ1v) is 6.66. The van der Waals surface area contributed by atoms with Crippen LogP contribution in [0.1, 0.15) is 51.1 Å². The van der Waals surface area contributed by atoms with Crippen molar-refractivity contribution in [2.24, 2.45) is 0 Å². The molecule has 0 aliphatic rings. The van der Waals surface area contributed by atoms with Gasteiger partial charge in [0.15, 0.2) is 0 Å². The molecular weight excluding hydrogens is 236 g/mol. The van der Waals surface area contributed by atoms with Gasteiger partial charge in [-0.25, -0.2) is 0 Å². The average Bonchev–Trinajstić information content (AvgIpc) is 2.78. The van der Waals surface area contributed by atoms with Gasteiger partial charge in [-0.3, -0.25) is 10.1 Å². The molecule has 2 rings (SSSR count). The summed E-state index contributed by atoms with van der Waals surface area (Å²) in [5.41, 5.74) is 8.61. The fourth-order valence-electron chi connectivity index (χ4n) is 1.65. The lowest BCUT2D eigenvalue weighted by molar-refractivity contribution is 0.610. The molecule has 0 spiro atoms. The minimum Gasteiger partial charge on any atom is -0.382 e. The zero-order valence-corrected chi connectivity index (χ0v) is 12.5. The topological polar surface area (TPSA) is 67.6 Å². The van der Waals surface area contributed by atoms with Gasteiger partial charge in [0.1, 0.15) is 5.82 Å². The third kappa shape index (κ3) is 3.81. The first kappa shape index (κ1) is 15.2. The van der Waals surface area contributed by atoms with Crippen molar-refractivity contribution in [2.45, 2.75) is 46.5 Å². The Morgan fingerprint density at radius 3 is 2.32 bits per heavy atom. The Bertz CT molecular complexity index is 497. The van der Waals surface area contributed by atoms with Crippen LogP contribution in [-0.2, 0) is 5.41 Å². The number of aromatic amines is 1. The molecular formula is C15H24N4. The SMILES string of the molecule is CCC.Cc1ccc(C(C)(C)c2cc(N)n[nH]2)cn1. The minimum absolute atomic E-state index is 0.161. The van der Waals surface area contributed by atoms with Crippen LogP contribution in [-0.4, -0.2) is 15.2 Å². The van der Waals surface area contributed by atoms with Crippen LogP contribution in [0, 0.1) is 6.92 Å². The quantitative estimate of drug-likeness (QED) is 0.869. The summed E-state index contributed by atoms with van der Waals surface area (Å²) in [6.07, 6.45) is 3.15. The Morgan fingerprint density at radius 2 is 1.89 bits per heavy atom. The second-order valence-corrected chi connectivity index (χ2v) is 5.23. The van der Waals surface area contributed by atoms with Crippen molar-refractivity contribution in [2.75, 3.05) is 5.73 Å². The summed E-state index contributed by atoms with van der Waals surface area (Å²) < 4.78 is 0. The third-order valence-corrected chi connectivity index (χ3v) is 2.90. The van der Waals surface area contributed by atoms with Crippen molar-refractivity contribution in [1.29, 1.82) is 0 Å². The van der Waals surface area contributed by atoms with E-state index in [9.17, 15) is 0 Å². The number of rotatable bonds is 2. The van der Waals surface area contributed by atoms with Crippen molar-refractivity contribution >= 4 is 5.82 Å². The molecule has 0 amide bonds. The van der Waals surface area contributed by atoms with Gasteiger partial charge in [0.05, 0.1) is 0 Å². The fraction of sp³-hybridized carbons (Fsp3) is 0.467. The number of hydrogen-bond acceptors (Lipinski definition) is 3. The summed E-state index contributed by atoms with van der Waals surface area (Å²) >= 11 is 0. The van der Waals surface area contributed by atoms with Crippen LogP contribution in [0.4, 0.5) is 5.82 Å². The monoisotopic (exact) mass is 260 g/mol. The highest BCUT2D eigenvalue weighted by Crippen LogP contribution is 2.30. The van der Waals surface area contributed by atoms with E-state index < -0.39 is 0 Å². The Kier molecular flexibility index (Phi) is 5.10. The molecule has 2 heterocycles. The van der Waals surface area contributed by atoms with E-state index >= 15 is 0 Å². The standard InChI is InChI=1S/C12H16N4.C3H8/c1-8-4-5-9(7-14-8)12(2,3)10-6-11(13)16-15-10;1-3-2/h4-7H,1-3H3,(H3,13,15,16);3H2,1-2H3. The third-order valence-electron chi connectivity index (χ3n) is 2.90. The van der Waals surface area contributed by atoms with E-state index in [1.54, 1.807) is 0 Å². The summed E-state index contributed by atoms with van der Waals surface area (Å²) in [6.45, 7) is 10.5. The van der Waals surface area contributed by atoms with Gasteiger partial charge in [0, 0.05) is 29.1 Å². The lowest BCUT2D eigenvalue weighted by Gasteiger charge is -2.23. The predicted molar refractivity (Wildman–Crippen MR) is 80.1 cm³/mol. The maximum Gasteiger partial charge on any atom is 0.145 e. The highest BCUT2D eigenvalue weighted by molar-refractivity contribution is 5.38. The summed E-state index contributed by atoms with van der Waals surface area (Å²) in [6, 6.07) is 5.95. The van der Waals surface area contributed by atoms with E-state index in [1.165, 1.54) is 6.42 Å². The first-order valence-electron chi connectivity index (χ1n) is 6.66. The average molecular weight is 260 g/mol. The predicted octanol–water partition coefficient (Wildman–Crippen LogP) is 3.44. The molecule has 0 unspecified atom stereocenters. The van der Waals surface area contributed by atoms with E-state index in [0.717, 1.165) is 17.0 Å². The molecule has 104 valence electrons. The Labute approximate surface area is 115 Å². The van der Waals surface area contributed by atoms with Gasteiger partial charge in [-0.2, -0.15) is 5.10 Å². The Morgan fingerprint density at radius 1 is 1.26 bits per heavy atom. The van der Waals surface area contributed by atoms with Crippen LogP contribution in [0.5, 0.6) is 0 Å². The highest BCUT2D eigenvalue weighted by Gasteiger charge is 2.25. The van der Waals surface area contributed by atoms with Gasteiger partial charge < -0.3 is 5.73 Å². The number of nitrogen functional groups attached to an aromatic ring is 1. The summed E-state index contributed by atoms with van der Waals surface area (Å²) in [7, 11) is 0. The number of nitrogens with one attached hydrogen (secondary N) is 1. The molecule has 0 saturated heterocycles. The molecule has 0 atom stereocenters. The van der Waals surface area contributed by atoms with Gasteiger partial charge in [0.25, 0.3) is 0 Å². The zero-order valence-electron chi connectivity index (χ0n) is 12.5. The Hall–Kier alpha value is -1.84. The number of nitrogens with two attached hydrogens (primary N) is 1. The molecule has 0 aliphatic heterocycles. The molecule has 3 N–H and O–H groups in total.